The second-order valence-electron chi connectivity index (χ2n) is 7.73. The van der Waals surface area contributed by atoms with Crippen LogP contribution in [0.1, 0.15) is 44.4 Å². The minimum Gasteiger partial charge on any atom is -0.370 e. The molecule has 4 rings (SSSR count). The van der Waals surface area contributed by atoms with Gasteiger partial charge in [-0.3, -0.25) is 0 Å². The van der Waals surface area contributed by atoms with E-state index in [1.54, 1.807) is 0 Å². The number of anilines is 2. The van der Waals surface area contributed by atoms with Crippen LogP contribution in [0.5, 0.6) is 0 Å². The van der Waals surface area contributed by atoms with E-state index >= 15 is 0 Å². The van der Waals surface area contributed by atoms with Crippen molar-refractivity contribution in [2.75, 3.05) is 17.2 Å². The molecular formula is C21H27N5. The molecular weight excluding hydrogens is 322 g/mol. The fourth-order valence-electron chi connectivity index (χ4n) is 3.75. The first-order chi connectivity index (χ1) is 12.6. The number of nitrogens with one attached hydrogen (secondary N) is 3. The Hall–Kier alpha value is -2.56. The molecule has 26 heavy (non-hydrogen) atoms. The number of benzene rings is 1. The zero-order valence-corrected chi connectivity index (χ0v) is 15.7. The molecule has 1 aliphatic rings. The standard InChI is InChI=1S/C21H27N5/c1-13(2)17-9-8-16-11-15(12-22-20(16)24-17)10-14(3)23-21-25-18-6-4-5-7-19(18)26-21/h4-9,13-15H,10-12H2,1-3H3,(H,22,24)(H2,23,25,26)/t14-,15?/m0/s1. The van der Waals surface area contributed by atoms with Crippen LogP contribution in [-0.2, 0) is 6.42 Å². The number of hydrogen-bond acceptors (Lipinski definition) is 4. The molecule has 3 heterocycles. The summed E-state index contributed by atoms with van der Waals surface area (Å²) in [7, 11) is 0. The number of aromatic amines is 1. The van der Waals surface area contributed by atoms with Gasteiger partial charge in [0.1, 0.15) is 5.82 Å². The van der Waals surface area contributed by atoms with E-state index < -0.39 is 0 Å². The summed E-state index contributed by atoms with van der Waals surface area (Å²) >= 11 is 0. The highest BCUT2D eigenvalue weighted by Gasteiger charge is 2.22. The molecule has 3 aromatic rings. The van der Waals surface area contributed by atoms with Crippen molar-refractivity contribution in [1.29, 1.82) is 0 Å². The number of nitrogens with zero attached hydrogens (tertiary/aromatic N) is 2. The molecule has 0 radical (unpaired) electrons. The summed E-state index contributed by atoms with van der Waals surface area (Å²) in [4.78, 5) is 12.7. The number of pyridine rings is 1. The van der Waals surface area contributed by atoms with Crippen molar-refractivity contribution >= 4 is 22.8 Å². The third-order valence-electron chi connectivity index (χ3n) is 5.12. The molecule has 136 valence electrons. The number of hydrogen-bond donors (Lipinski definition) is 3. The van der Waals surface area contributed by atoms with E-state index in [1.165, 1.54) is 5.56 Å². The van der Waals surface area contributed by atoms with Crippen molar-refractivity contribution in [2.45, 2.75) is 45.6 Å². The van der Waals surface area contributed by atoms with Crippen molar-refractivity contribution in [3.8, 4) is 0 Å². The van der Waals surface area contributed by atoms with Crippen molar-refractivity contribution in [1.82, 2.24) is 15.0 Å². The van der Waals surface area contributed by atoms with Gasteiger partial charge in [-0.2, -0.15) is 0 Å². The van der Waals surface area contributed by atoms with Crippen molar-refractivity contribution in [3.05, 3.63) is 47.7 Å². The van der Waals surface area contributed by atoms with Gasteiger partial charge in [0.2, 0.25) is 5.95 Å². The summed E-state index contributed by atoms with van der Waals surface area (Å²) in [6.07, 6.45) is 2.18. The van der Waals surface area contributed by atoms with Gasteiger partial charge in [0.25, 0.3) is 0 Å². The van der Waals surface area contributed by atoms with Crippen LogP contribution < -0.4 is 10.6 Å². The summed E-state index contributed by atoms with van der Waals surface area (Å²) in [5.74, 6) is 2.99. The zero-order chi connectivity index (χ0) is 18.1. The summed E-state index contributed by atoms with van der Waals surface area (Å²) in [6.45, 7) is 7.58. The zero-order valence-electron chi connectivity index (χ0n) is 15.7. The fourth-order valence-corrected chi connectivity index (χ4v) is 3.75. The third kappa shape index (κ3) is 3.52. The van der Waals surface area contributed by atoms with Crippen LogP contribution in [0.4, 0.5) is 11.8 Å². The first-order valence-electron chi connectivity index (χ1n) is 9.53. The van der Waals surface area contributed by atoms with E-state index in [2.05, 4.69) is 59.6 Å². The molecule has 0 amide bonds. The van der Waals surface area contributed by atoms with E-state index in [4.69, 9.17) is 4.98 Å². The molecule has 0 bridgehead atoms. The first kappa shape index (κ1) is 16.9. The Kier molecular flexibility index (Phi) is 4.53. The molecule has 0 fully saturated rings. The van der Waals surface area contributed by atoms with Gasteiger partial charge in [-0.05, 0) is 55.4 Å². The highest BCUT2D eigenvalue weighted by molar-refractivity contribution is 5.77. The Labute approximate surface area is 154 Å². The monoisotopic (exact) mass is 349 g/mol. The van der Waals surface area contributed by atoms with Crippen LogP contribution in [0, 0.1) is 5.92 Å². The Morgan fingerprint density at radius 3 is 2.77 bits per heavy atom. The lowest BCUT2D eigenvalue weighted by atomic mass is 9.90. The second kappa shape index (κ2) is 6.98. The molecule has 0 saturated heterocycles. The average molecular weight is 349 g/mol. The van der Waals surface area contributed by atoms with E-state index in [-0.39, 0.29) is 0 Å². The van der Waals surface area contributed by atoms with Crippen LogP contribution in [0.3, 0.4) is 0 Å². The van der Waals surface area contributed by atoms with E-state index in [0.29, 0.717) is 17.9 Å². The number of imidazole rings is 1. The normalized spacial score (nSPS) is 17.8. The van der Waals surface area contributed by atoms with Crippen LogP contribution in [0.2, 0.25) is 0 Å². The van der Waals surface area contributed by atoms with Gasteiger partial charge in [-0.15, -0.1) is 0 Å². The molecule has 1 unspecified atom stereocenters. The van der Waals surface area contributed by atoms with E-state index in [9.17, 15) is 0 Å². The highest BCUT2D eigenvalue weighted by atomic mass is 15.1. The molecule has 1 aliphatic heterocycles. The predicted molar refractivity (Wildman–Crippen MR) is 108 cm³/mol. The van der Waals surface area contributed by atoms with Crippen molar-refractivity contribution in [2.24, 2.45) is 5.92 Å². The fraction of sp³-hybridized carbons (Fsp3) is 0.429. The molecule has 0 spiro atoms. The largest absolute Gasteiger partial charge is 0.370 e. The van der Waals surface area contributed by atoms with Gasteiger partial charge in [0, 0.05) is 18.3 Å². The Morgan fingerprint density at radius 1 is 1.12 bits per heavy atom. The molecule has 2 aromatic heterocycles. The van der Waals surface area contributed by atoms with Crippen LogP contribution in [-0.4, -0.2) is 27.5 Å². The highest BCUT2D eigenvalue weighted by Crippen LogP contribution is 2.28. The van der Waals surface area contributed by atoms with Crippen LogP contribution >= 0.6 is 0 Å². The van der Waals surface area contributed by atoms with Gasteiger partial charge in [0.15, 0.2) is 0 Å². The Morgan fingerprint density at radius 2 is 1.96 bits per heavy atom. The van der Waals surface area contributed by atoms with Crippen LogP contribution in [0.25, 0.3) is 11.0 Å². The lowest BCUT2D eigenvalue weighted by molar-refractivity contribution is 0.464. The van der Waals surface area contributed by atoms with E-state index in [1.807, 2.05) is 18.2 Å². The summed E-state index contributed by atoms with van der Waals surface area (Å²) in [5, 5.41) is 7.05. The molecule has 3 N–H and O–H groups in total. The lowest BCUT2D eigenvalue weighted by Gasteiger charge is -2.28. The minimum absolute atomic E-state index is 0.354. The second-order valence-corrected chi connectivity index (χ2v) is 7.73. The van der Waals surface area contributed by atoms with Gasteiger partial charge >= 0.3 is 0 Å². The van der Waals surface area contributed by atoms with Gasteiger partial charge in [-0.1, -0.05) is 32.0 Å². The molecule has 0 aliphatic carbocycles. The maximum atomic E-state index is 4.78. The van der Waals surface area contributed by atoms with Crippen molar-refractivity contribution < 1.29 is 0 Å². The van der Waals surface area contributed by atoms with Gasteiger partial charge in [-0.25, -0.2) is 9.97 Å². The van der Waals surface area contributed by atoms with E-state index in [0.717, 1.165) is 47.9 Å². The first-order valence-corrected chi connectivity index (χ1v) is 9.53. The predicted octanol–water partition coefficient (Wildman–Crippen LogP) is 4.56. The Bertz CT molecular complexity index is 865. The smallest absolute Gasteiger partial charge is 0.201 e. The van der Waals surface area contributed by atoms with Crippen molar-refractivity contribution in [3.63, 3.8) is 0 Å². The summed E-state index contributed by atoms with van der Waals surface area (Å²) in [5.41, 5.74) is 4.57. The third-order valence-corrected chi connectivity index (χ3v) is 5.12. The molecule has 2 atom stereocenters. The number of rotatable bonds is 5. The summed E-state index contributed by atoms with van der Waals surface area (Å²) < 4.78 is 0. The molecule has 5 nitrogen and oxygen atoms in total. The quantitative estimate of drug-likeness (QED) is 0.632. The number of fused-ring (bicyclic) bond motifs is 2. The minimum atomic E-state index is 0.354. The number of aromatic nitrogens is 3. The van der Waals surface area contributed by atoms with Gasteiger partial charge in [0.05, 0.1) is 11.0 Å². The maximum Gasteiger partial charge on any atom is 0.201 e. The molecule has 1 aromatic carbocycles. The number of H-pyrrole nitrogens is 1. The van der Waals surface area contributed by atoms with Crippen LogP contribution in [0.15, 0.2) is 36.4 Å². The van der Waals surface area contributed by atoms with Gasteiger partial charge < -0.3 is 15.6 Å². The number of para-hydroxylation sites is 2. The average Bonchev–Trinajstić information content (AvgIpc) is 3.03. The SMILES string of the molecule is CC(C)c1ccc2c(n1)NCC(C[C@H](C)Nc1nc3ccccc3[nH]1)C2. The topological polar surface area (TPSA) is 65.6 Å². The summed E-state index contributed by atoms with van der Waals surface area (Å²) in [6, 6.07) is 12.9. The molecule has 0 saturated carbocycles. The molecule has 5 heteroatoms. The Balaban J connectivity index is 1.38. The lowest BCUT2D eigenvalue weighted by Crippen LogP contribution is -2.29. The maximum absolute atomic E-state index is 4.78.